The number of carbonyl (C=O) groups is 2. The van der Waals surface area contributed by atoms with Crippen LogP contribution in [0.15, 0.2) is 35.5 Å². The summed E-state index contributed by atoms with van der Waals surface area (Å²) < 4.78 is 41.5. The summed E-state index contributed by atoms with van der Waals surface area (Å²) in [5, 5.41) is 0. The third-order valence-corrected chi connectivity index (χ3v) is 2.08. The van der Waals surface area contributed by atoms with Crippen LogP contribution in [0, 0.1) is 5.92 Å². The lowest BCUT2D eigenvalue weighted by molar-refractivity contribution is -0.173. The molecule has 0 saturated carbocycles. The molecular formula is C11H9F3O3. The number of Topliss-reactive ketones (excluding diaryl/α,β-unsaturated/α-hetero) is 2. The highest BCUT2D eigenvalue weighted by atomic mass is 19.4. The second-order valence-corrected chi connectivity index (χ2v) is 3.28. The molecule has 0 aliphatic carbocycles. The van der Waals surface area contributed by atoms with E-state index in [0.717, 1.165) is 12.3 Å². The molecule has 1 aromatic heterocycles. The minimum absolute atomic E-state index is 0.269. The van der Waals surface area contributed by atoms with Gasteiger partial charge in [-0.15, -0.1) is 6.58 Å². The van der Waals surface area contributed by atoms with Crippen LogP contribution in [0.3, 0.4) is 0 Å². The fraction of sp³-hybridized carbons (Fsp3) is 0.273. The van der Waals surface area contributed by atoms with E-state index in [1.165, 1.54) is 12.1 Å². The van der Waals surface area contributed by atoms with Crippen molar-refractivity contribution in [3.8, 4) is 0 Å². The standard InChI is InChI=1S/C11H9F3O3/c1-2-4-7(10(16)11(12,13)14)9(15)8-5-3-6-17-8/h2-3,5-7H,1,4H2. The Hall–Kier alpha value is -1.85. The van der Waals surface area contributed by atoms with Crippen LogP contribution in [0.1, 0.15) is 17.0 Å². The van der Waals surface area contributed by atoms with E-state index in [-0.39, 0.29) is 12.2 Å². The number of furan rings is 1. The average molecular weight is 246 g/mol. The smallest absolute Gasteiger partial charge is 0.450 e. The van der Waals surface area contributed by atoms with Crippen molar-refractivity contribution in [2.24, 2.45) is 5.92 Å². The zero-order chi connectivity index (χ0) is 13.1. The second kappa shape index (κ2) is 4.99. The van der Waals surface area contributed by atoms with Crippen molar-refractivity contribution in [2.75, 3.05) is 0 Å². The molecule has 6 heteroatoms. The maximum absolute atomic E-state index is 12.3. The van der Waals surface area contributed by atoms with E-state index in [1.807, 2.05) is 0 Å². The van der Waals surface area contributed by atoms with Crippen LogP contribution in [0.4, 0.5) is 13.2 Å². The van der Waals surface area contributed by atoms with E-state index < -0.39 is 23.7 Å². The van der Waals surface area contributed by atoms with Crippen LogP contribution in [0.25, 0.3) is 0 Å². The Labute approximate surface area is 94.9 Å². The zero-order valence-electron chi connectivity index (χ0n) is 8.66. The van der Waals surface area contributed by atoms with Crippen LogP contribution in [0.2, 0.25) is 0 Å². The molecule has 1 unspecified atom stereocenters. The number of rotatable bonds is 5. The highest BCUT2D eigenvalue weighted by Crippen LogP contribution is 2.25. The predicted molar refractivity (Wildman–Crippen MR) is 52.4 cm³/mol. The quantitative estimate of drug-likeness (QED) is 0.456. The van der Waals surface area contributed by atoms with Gasteiger partial charge in [0.2, 0.25) is 11.6 Å². The maximum Gasteiger partial charge on any atom is 0.450 e. The summed E-state index contributed by atoms with van der Waals surface area (Å²) in [6, 6.07) is 2.57. The molecule has 1 rings (SSSR count). The van der Waals surface area contributed by atoms with Gasteiger partial charge < -0.3 is 4.42 Å². The third-order valence-electron chi connectivity index (χ3n) is 2.08. The largest absolute Gasteiger partial charge is 0.461 e. The highest BCUT2D eigenvalue weighted by molar-refractivity contribution is 6.11. The molecule has 0 saturated heterocycles. The molecule has 0 spiro atoms. The highest BCUT2D eigenvalue weighted by Gasteiger charge is 2.46. The van der Waals surface area contributed by atoms with Crippen molar-refractivity contribution >= 4 is 11.6 Å². The molecule has 0 fully saturated rings. The number of hydrogen-bond donors (Lipinski definition) is 0. The first-order valence-corrected chi connectivity index (χ1v) is 4.67. The molecule has 0 N–H and O–H groups in total. The van der Waals surface area contributed by atoms with Gasteiger partial charge in [-0.3, -0.25) is 9.59 Å². The molecule has 1 aromatic rings. The Morgan fingerprint density at radius 1 is 1.47 bits per heavy atom. The molecule has 0 bridgehead atoms. The van der Waals surface area contributed by atoms with Gasteiger partial charge >= 0.3 is 6.18 Å². The summed E-state index contributed by atoms with van der Waals surface area (Å²) in [4.78, 5) is 22.7. The van der Waals surface area contributed by atoms with Gasteiger partial charge in [-0.05, 0) is 18.6 Å². The molecule has 0 aliphatic heterocycles. The van der Waals surface area contributed by atoms with Crippen LogP contribution in [0.5, 0.6) is 0 Å². The predicted octanol–water partition coefficient (Wildman–Crippen LogP) is 2.79. The SMILES string of the molecule is C=CCC(C(=O)c1ccco1)C(=O)C(F)(F)F. The monoisotopic (exact) mass is 246 g/mol. The van der Waals surface area contributed by atoms with Crippen molar-refractivity contribution in [2.45, 2.75) is 12.6 Å². The third kappa shape index (κ3) is 3.05. The summed E-state index contributed by atoms with van der Waals surface area (Å²) in [5.41, 5.74) is 0. The maximum atomic E-state index is 12.3. The number of hydrogen-bond acceptors (Lipinski definition) is 3. The van der Waals surface area contributed by atoms with Gasteiger partial charge in [0, 0.05) is 0 Å². The first-order valence-electron chi connectivity index (χ1n) is 4.67. The summed E-state index contributed by atoms with van der Waals surface area (Å²) in [6.07, 6.45) is -3.18. The van der Waals surface area contributed by atoms with Gasteiger partial charge in [0.15, 0.2) is 5.76 Å². The minimum atomic E-state index is -5.05. The van der Waals surface area contributed by atoms with Gasteiger partial charge in [-0.1, -0.05) is 6.08 Å². The van der Waals surface area contributed by atoms with E-state index in [2.05, 4.69) is 11.0 Å². The first kappa shape index (κ1) is 13.2. The van der Waals surface area contributed by atoms with Crippen molar-refractivity contribution in [3.05, 3.63) is 36.8 Å². The van der Waals surface area contributed by atoms with Gasteiger partial charge in [-0.2, -0.15) is 13.2 Å². The van der Waals surface area contributed by atoms with Gasteiger partial charge in [0.1, 0.15) is 0 Å². The Balaban J connectivity index is 2.98. The van der Waals surface area contributed by atoms with Gasteiger partial charge in [-0.25, -0.2) is 0 Å². The average Bonchev–Trinajstić information content (AvgIpc) is 2.76. The molecule has 0 aromatic carbocycles. The summed E-state index contributed by atoms with van der Waals surface area (Å²) in [7, 11) is 0. The minimum Gasteiger partial charge on any atom is -0.461 e. The number of ketones is 2. The molecule has 1 atom stereocenters. The lowest BCUT2D eigenvalue weighted by atomic mass is 9.93. The topological polar surface area (TPSA) is 47.3 Å². The van der Waals surface area contributed by atoms with Crippen molar-refractivity contribution in [1.82, 2.24) is 0 Å². The fourth-order valence-corrected chi connectivity index (χ4v) is 1.29. The molecule has 0 amide bonds. The van der Waals surface area contributed by atoms with Crippen molar-refractivity contribution in [3.63, 3.8) is 0 Å². The Morgan fingerprint density at radius 2 is 2.12 bits per heavy atom. The zero-order valence-corrected chi connectivity index (χ0v) is 8.66. The van der Waals surface area contributed by atoms with Crippen molar-refractivity contribution < 1.29 is 27.2 Å². The normalized spacial score (nSPS) is 13.1. The lowest BCUT2D eigenvalue weighted by Crippen LogP contribution is -2.35. The van der Waals surface area contributed by atoms with E-state index >= 15 is 0 Å². The molecule has 1 heterocycles. The van der Waals surface area contributed by atoms with Crippen molar-refractivity contribution in [1.29, 1.82) is 0 Å². The molecular weight excluding hydrogens is 237 g/mol. The van der Waals surface area contributed by atoms with E-state index in [9.17, 15) is 22.8 Å². The number of carbonyl (C=O) groups excluding carboxylic acids is 2. The van der Waals surface area contributed by atoms with Crippen LogP contribution in [-0.2, 0) is 4.79 Å². The lowest BCUT2D eigenvalue weighted by Gasteiger charge is -2.13. The van der Waals surface area contributed by atoms with Crippen LogP contribution >= 0.6 is 0 Å². The first-order chi connectivity index (χ1) is 7.88. The fourth-order valence-electron chi connectivity index (χ4n) is 1.29. The van der Waals surface area contributed by atoms with Crippen LogP contribution < -0.4 is 0 Å². The second-order valence-electron chi connectivity index (χ2n) is 3.28. The molecule has 0 radical (unpaired) electrons. The Bertz CT molecular complexity index is 418. The summed E-state index contributed by atoms with van der Waals surface area (Å²) in [5.74, 6) is -5.16. The molecule has 0 aliphatic rings. The number of allylic oxidation sites excluding steroid dienone is 1. The number of halogens is 3. The Kier molecular flexibility index (Phi) is 3.88. The van der Waals surface area contributed by atoms with E-state index in [4.69, 9.17) is 0 Å². The molecule has 92 valence electrons. The summed E-state index contributed by atoms with van der Waals surface area (Å²) in [6.45, 7) is 3.23. The van der Waals surface area contributed by atoms with E-state index in [0.29, 0.717) is 0 Å². The molecule has 3 nitrogen and oxygen atoms in total. The van der Waals surface area contributed by atoms with Gasteiger partial charge in [0.05, 0.1) is 12.2 Å². The summed E-state index contributed by atoms with van der Waals surface area (Å²) >= 11 is 0. The van der Waals surface area contributed by atoms with E-state index in [1.54, 1.807) is 0 Å². The van der Waals surface area contributed by atoms with Gasteiger partial charge in [0.25, 0.3) is 0 Å². The van der Waals surface area contributed by atoms with Crippen LogP contribution in [-0.4, -0.2) is 17.7 Å². The Morgan fingerprint density at radius 3 is 2.53 bits per heavy atom. The molecule has 17 heavy (non-hydrogen) atoms. The number of alkyl halides is 3.